The van der Waals surface area contributed by atoms with Gasteiger partial charge in [0.25, 0.3) is 0 Å². The Kier molecular flexibility index (Phi) is 6.17. The average molecular weight is 621 g/mol. The summed E-state index contributed by atoms with van der Waals surface area (Å²) in [5.41, 5.74) is 18.9. The number of hydrogen-bond acceptors (Lipinski definition) is 0. The van der Waals surface area contributed by atoms with Crippen LogP contribution < -0.4 is 0 Å². The second kappa shape index (κ2) is 10.7. The van der Waals surface area contributed by atoms with Crippen LogP contribution in [0.4, 0.5) is 0 Å². The maximum atomic E-state index is 2.71. The molecule has 7 aliphatic rings. The van der Waals surface area contributed by atoms with Crippen LogP contribution in [-0.4, -0.2) is 0 Å². The second-order valence-electron chi connectivity index (χ2n) is 15.8. The normalized spacial score (nSPS) is 24.2. The van der Waals surface area contributed by atoms with Crippen molar-refractivity contribution >= 4 is 32.7 Å². The molecule has 0 amide bonds. The molecule has 0 saturated heterocycles. The van der Waals surface area contributed by atoms with Crippen LogP contribution in [0.2, 0.25) is 0 Å². The first-order valence-electron chi connectivity index (χ1n) is 19.2. The highest BCUT2D eigenvalue weighted by molar-refractivity contribution is 6.26. The molecular formula is C48H44. The van der Waals surface area contributed by atoms with Crippen LogP contribution in [0, 0.1) is 11.8 Å². The van der Waals surface area contributed by atoms with Crippen LogP contribution in [0.1, 0.15) is 111 Å². The number of hydrogen-bond donors (Lipinski definition) is 0. The molecule has 48 heavy (non-hydrogen) atoms. The van der Waals surface area contributed by atoms with E-state index in [9.17, 15) is 0 Å². The van der Waals surface area contributed by atoms with Crippen LogP contribution in [0.5, 0.6) is 0 Å². The third kappa shape index (κ3) is 3.78. The summed E-state index contributed by atoms with van der Waals surface area (Å²) in [6, 6.07) is 19.2. The summed E-state index contributed by atoms with van der Waals surface area (Å²) < 4.78 is 0. The summed E-state index contributed by atoms with van der Waals surface area (Å²) in [6.07, 6.45) is 35.6. The first kappa shape index (κ1) is 27.8. The predicted molar refractivity (Wildman–Crippen MR) is 204 cm³/mol. The average Bonchev–Trinajstić information content (AvgIpc) is 3.66. The zero-order chi connectivity index (χ0) is 31.3. The van der Waals surface area contributed by atoms with E-state index in [4.69, 9.17) is 0 Å². The lowest BCUT2D eigenvalue weighted by Gasteiger charge is -2.33. The van der Waals surface area contributed by atoms with E-state index < -0.39 is 0 Å². The van der Waals surface area contributed by atoms with Crippen molar-refractivity contribution in [3.8, 4) is 22.3 Å². The third-order valence-electron chi connectivity index (χ3n) is 13.4. The fourth-order valence-electron chi connectivity index (χ4n) is 11.5. The molecule has 0 aliphatic heterocycles. The van der Waals surface area contributed by atoms with Gasteiger partial charge in [0.2, 0.25) is 0 Å². The summed E-state index contributed by atoms with van der Waals surface area (Å²) in [7, 11) is 0. The van der Waals surface area contributed by atoms with Crippen LogP contribution in [0.15, 0.2) is 108 Å². The SMILES string of the molecule is C1=CCCC(C2=CC=C3c4c(c(C5CCCCC5)c5c(cc6c7c(cccc75)-c5ccccc5-6)c4C4CCCCC4)C4=CC=CC2C34)=C1. The van der Waals surface area contributed by atoms with Crippen LogP contribution in [-0.2, 0) is 0 Å². The van der Waals surface area contributed by atoms with Gasteiger partial charge >= 0.3 is 0 Å². The summed E-state index contributed by atoms with van der Waals surface area (Å²) in [6.45, 7) is 0. The Morgan fingerprint density at radius 1 is 0.521 bits per heavy atom. The molecule has 0 heteroatoms. The Labute approximate surface area is 285 Å². The number of fused-ring (bicyclic) bond motifs is 8. The first-order valence-corrected chi connectivity index (χ1v) is 19.2. The molecule has 2 unspecified atom stereocenters. The van der Waals surface area contributed by atoms with E-state index in [2.05, 4.69) is 97.1 Å². The molecule has 0 aromatic heterocycles. The van der Waals surface area contributed by atoms with Gasteiger partial charge in [0, 0.05) is 11.8 Å². The van der Waals surface area contributed by atoms with E-state index in [1.807, 2.05) is 0 Å². The van der Waals surface area contributed by atoms with Gasteiger partial charge in [-0.2, -0.15) is 0 Å². The summed E-state index contributed by atoms with van der Waals surface area (Å²) in [5.74, 6) is 2.12. The molecule has 2 saturated carbocycles. The number of rotatable bonds is 3. The standard InChI is InChI=1S/C48H44/c1-4-14-29(15-5-1)32-26-27-39-44-35(32)22-12-25-38(44)48-43(31-18-8-3-9-19-31)46-37-24-13-23-36-33-20-10-11-21-34(33)40(45(36)37)28-41(46)42(47(39)48)30-16-6-2-7-17-30/h1,4,10-14,20-28,30-31,35,44H,2-3,5-9,15-19H2. The van der Waals surface area contributed by atoms with Gasteiger partial charge in [-0.3, -0.25) is 0 Å². The zero-order valence-electron chi connectivity index (χ0n) is 28.0. The van der Waals surface area contributed by atoms with Crippen molar-refractivity contribution in [3.63, 3.8) is 0 Å². The predicted octanol–water partition coefficient (Wildman–Crippen LogP) is 13.5. The van der Waals surface area contributed by atoms with Gasteiger partial charge in [-0.05, 0) is 145 Å². The Morgan fingerprint density at radius 3 is 1.98 bits per heavy atom. The molecule has 236 valence electrons. The van der Waals surface area contributed by atoms with Gasteiger partial charge in [0.15, 0.2) is 0 Å². The Bertz CT molecular complexity index is 2240. The fraction of sp³-hybridized carbons (Fsp3) is 0.333. The maximum Gasteiger partial charge on any atom is 0.0205 e. The minimum atomic E-state index is 0.432. The smallest absolute Gasteiger partial charge is 0.0205 e. The van der Waals surface area contributed by atoms with Crippen molar-refractivity contribution in [2.75, 3.05) is 0 Å². The van der Waals surface area contributed by atoms with Gasteiger partial charge in [-0.25, -0.2) is 0 Å². The van der Waals surface area contributed by atoms with Gasteiger partial charge in [-0.1, -0.05) is 130 Å². The van der Waals surface area contributed by atoms with Crippen LogP contribution in [0.3, 0.4) is 0 Å². The number of allylic oxidation sites excluding steroid dienone is 12. The van der Waals surface area contributed by atoms with Gasteiger partial charge in [0.05, 0.1) is 0 Å². The van der Waals surface area contributed by atoms with Gasteiger partial charge < -0.3 is 0 Å². The van der Waals surface area contributed by atoms with E-state index in [1.165, 1.54) is 97.2 Å². The maximum absolute atomic E-state index is 2.71. The minimum absolute atomic E-state index is 0.432. The molecule has 0 nitrogen and oxygen atoms in total. The third-order valence-corrected chi connectivity index (χ3v) is 13.4. The van der Waals surface area contributed by atoms with Crippen molar-refractivity contribution < 1.29 is 0 Å². The lowest BCUT2D eigenvalue weighted by Crippen LogP contribution is -2.20. The van der Waals surface area contributed by atoms with Crippen LogP contribution >= 0.6 is 0 Å². The van der Waals surface area contributed by atoms with Crippen molar-refractivity contribution in [2.24, 2.45) is 11.8 Å². The van der Waals surface area contributed by atoms with Crippen molar-refractivity contribution in [1.82, 2.24) is 0 Å². The number of benzene rings is 4. The Balaban J connectivity index is 1.29. The molecule has 4 aromatic rings. The van der Waals surface area contributed by atoms with E-state index in [-0.39, 0.29) is 0 Å². The highest BCUT2D eigenvalue weighted by Crippen LogP contribution is 2.63. The Morgan fingerprint density at radius 2 is 1.21 bits per heavy atom. The molecule has 0 heterocycles. The van der Waals surface area contributed by atoms with Crippen molar-refractivity contribution in [1.29, 1.82) is 0 Å². The molecule has 11 rings (SSSR count). The van der Waals surface area contributed by atoms with Gasteiger partial charge in [0.1, 0.15) is 0 Å². The lowest BCUT2D eigenvalue weighted by molar-refractivity contribution is 0.441. The van der Waals surface area contributed by atoms with E-state index >= 15 is 0 Å². The molecule has 2 atom stereocenters. The molecule has 0 radical (unpaired) electrons. The summed E-state index contributed by atoms with van der Waals surface area (Å²) in [5, 5.41) is 6.23. The molecule has 2 fully saturated rings. The lowest BCUT2D eigenvalue weighted by atomic mass is 9.70. The zero-order valence-corrected chi connectivity index (χ0v) is 28.0. The molecule has 0 spiro atoms. The van der Waals surface area contributed by atoms with E-state index in [1.54, 1.807) is 55.3 Å². The summed E-state index contributed by atoms with van der Waals surface area (Å²) >= 11 is 0. The monoisotopic (exact) mass is 620 g/mol. The fourth-order valence-corrected chi connectivity index (χ4v) is 11.5. The highest BCUT2D eigenvalue weighted by Gasteiger charge is 2.46. The second-order valence-corrected chi connectivity index (χ2v) is 15.8. The first-order chi connectivity index (χ1) is 23.9. The van der Waals surface area contributed by atoms with Gasteiger partial charge in [-0.15, -0.1) is 0 Å². The molecule has 0 N–H and O–H groups in total. The van der Waals surface area contributed by atoms with E-state index in [0.717, 1.165) is 12.8 Å². The topological polar surface area (TPSA) is 0 Å². The summed E-state index contributed by atoms with van der Waals surface area (Å²) in [4.78, 5) is 0. The molecular weight excluding hydrogens is 577 g/mol. The molecule has 4 aromatic carbocycles. The largest absolute Gasteiger partial charge is 0.0842 e. The quantitative estimate of drug-likeness (QED) is 0.176. The van der Waals surface area contributed by atoms with Crippen LogP contribution in [0.25, 0.3) is 54.9 Å². The molecule has 7 aliphatic carbocycles. The van der Waals surface area contributed by atoms with E-state index in [0.29, 0.717) is 23.7 Å². The van der Waals surface area contributed by atoms with Crippen molar-refractivity contribution in [3.05, 3.63) is 131 Å². The highest BCUT2D eigenvalue weighted by atomic mass is 14.5. The molecule has 0 bridgehead atoms. The minimum Gasteiger partial charge on any atom is -0.0842 e. The Hall–Kier alpha value is -4.16. The van der Waals surface area contributed by atoms with Crippen molar-refractivity contribution in [2.45, 2.75) is 88.9 Å².